The lowest BCUT2D eigenvalue weighted by Gasteiger charge is -2.31. The van der Waals surface area contributed by atoms with E-state index >= 15 is 0 Å². The fraction of sp³-hybridized carbons (Fsp3) is 0.923. The van der Waals surface area contributed by atoms with E-state index < -0.39 is 15.6 Å². The lowest BCUT2D eigenvalue weighted by atomic mass is 9.91. The summed E-state index contributed by atoms with van der Waals surface area (Å²) in [5.41, 5.74) is 5.17. The minimum Gasteiger partial charge on any atom is -0.381 e. The largest absolute Gasteiger partial charge is 0.381 e. The summed E-state index contributed by atoms with van der Waals surface area (Å²) in [6.45, 7) is 8.30. The minimum atomic E-state index is -3.50. The first-order valence-electron chi connectivity index (χ1n) is 7.20. The number of nitrogens with two attached hydrogens (primary N) is 1. The molecule has 126 valence electrons. The van der Waals surface area contributed by atoms with Crippen LogP contribution in [0.4, 0.5) is 0 Å². The van der Waals surface area contributed by atoms with Gasteiger partial charge in [0.15, 0.2) is 0 Å². The van der Waals surface area contributed by atoms with Gasteiger partial charge in [0.25, 0.3) is 0 Å². The maximum Gasteiger partial charge on any atom is 0.235 e. The Morgan fingerprint density at radius 2 is 2.00 bits per heavy atom. The first kappa shape index (κ1) is 20.3. The monoisotopic (exact) mass is 323 g/mol. The summed E-state index contributed by atoms with van der Waals surface area (Å²) in [6.07, 6.45) is 0.729. The van der Waals surface area contributed by atoms with E-state index in [1.165, 1.54) is 0 Å². The third kappa shape index (κ3) is 9.78. The number of amides is 1. The zero-order valence-corrected chi connectivity index (χ0v) is 14.3. The van der Waals surface area contributed by atoms with E-state index in [0.29, 0.717) is 19.1 Å². The molecular formula is C13H29N3O4S. The van der Waals surface area contributed by atoms with Crippen LogP contribution < -0.4 is 15.8 Å². The van der Waals surface area contributed by atoms with E-state index in [4.69, 9.17) is 10.5 Å². The molecule has 0 bridgehead atoms. The first-order chi connectivity index (χ1) is 9.64. The molecule has 0 fully saturated rings. The fourth-order valence-corrected chi connectivity index (χ4v) is 2.86. The van der Waals surface area contributed by atoms with E-state index in [1.807, 2.05) is 20.8 Å². The molecule has 0 aliphatic rings. The zero-order chi connectivity index (χ0) is 16.5. The Kier molecular flexibility index (Phi) is 9.03. The number of ether oxygens (including phenoxy) is 1. The average Bonchev–Trinajstić information content (AvgIpc) is 2.36. The van der Waals surface area contributed by atoms with Crippen molar-refractivity contribution in [2.24, 2.45) is 11.7 Å². The minimum absolute atomic E-state index is 0.112. The molecule has 0 saturated carbocycles. The van der Waals surface area contributed by atoms with Crippen molar-refractivity contribution in [2.75, 3.05) is 32.1 Å². The van der Waals surface area contributed by atoms with Gasteiger partial charge in [0.05, 0.1) is 18.9 Å². The Hall–Kier alpha value is -0.700. The van der Waals surface area contributed by atoms with Crippen molar-refractivity contribution in [3.8, 4) is 0 Å². The van der Waals surface area contributed by atoms with E-state index in [0.717, 1.165) is 6.42 Å². The summed E-state index contributed by atoms with van der Waals surface area (Å²) >= 11 is 0. The van der Waals surface area contributed by atoms with Crippen molar-refractivity contribution in [3.63, 3.8) is 0 Å². The van der Waals surface area contributed by atoms with Gasteiger partial charge in [-0.3, -0.25) is 4.79 Å². The number of rotatable bonds is 11. The van der Waals surface area contributed by atoms with Crippen LogP contribution >= 0.6 is 0 Å². The smallest absolute Gasteiger partial charge is 0.235 e. The van der Waals surface area contributed by atoms with Gasteiger partial charge in [-0.25, -0.2) is 13.1 Å². The van der Waals surface area contributed by atoms with Crippen molar-refractivity contribution in [3.05, 3.63) is 0 Å². The molecule has 0 heterocycles. The second-order valence-electron chi connectivity index (χ2n) is 5.75. The van der Waals surface area contributed by atoms with Gasteiger partial charge in [-0.15, -0.1) is 0 Å². The summed E-state index contributed by atoms with van der Waals surface area (Å²) < 4.78 is 30.5. The molecule has 21 heavy (non-hydrogen) atoms. The highest BCUT2D eigenvalue weighted by molar-refractivity contribution is 7.89. The van der Waals surface area contributed by atoms with Crippen molar-refractivity contribution >= 4 is 15.9 Å². The molecule has 0 aromatic rings. The Labute approximate surface area is 128 Å². The summed E-state index contributed by atoms with van der Waals surface area (Å²) in [5, 5.41) is 2.79. The van der Waals surface area contributed by atoms with Crippen LogP contribution in [0.3, 0.4) is 0 Å². The highest BCUT2D eigenvalue weighted by Crippen LogP contribution is 2.14. The maximum absolute atomic E-state index is 11.9. The maximum atomic E-state index is 11.9. The molecule has 8 heteroatoms. The van der Waals surface area contributed by atoms with E-state index in [9.17, 15) is 13.2 Å². The Bertz CT molecular complexity index is 412. The Balaban J connectivity index is 4.30. The van der Waals surface area contributed by atoms with Crippen molar-refractivity contribution in [2.45, 2.75) is 39.7 Å². The molecule has 0 radical (unpaired) electrons. The molecule has 1 amide bonds. The third-order valence-corrected chi connectivity index (χ3v) is 4.19. The molecule has 0 saturated heterocycles. The molecular weight excluding hydrogens is 294 g/mol. The van der Waals surface area contributed by atoms with Crippen LogP contribution in [0.15, 0.2) is 0 Å². The van der Waals surface area contributed by atoms with Gasteiger partial charge in [-0.2, -0.15) is 0 Å². The lowest BCUT2D eigenvalue weighted by molar-refractivity contribution is -0.121. The molecule has 0 aromatic heterocycles. The van der Waals surface area contributed by atoms with Gasteiger partial charge in [-0.1, -0.05) is 13.8 Å². The number of hydrogen-bond donors (Lipinski definition) is 3. The summed E-state index contributed by atoms with van der Waals surface area (Å²) in [5.74, 6) is -0.167. The first-order valence-corrected chi connectivity index (χ1v) is 8.85. The molecule has 0 rings (SSSR count). The number of hydrogen-bond acceptors (Lipinski definition) is 5. The Morgan fingerprint density at radius 1 is 1.38 bits per heavy atom. The van der Waals surface area contributed by atoms with E-state index in [-0.39, 0.29) is 24.8 Å². The molecule has 0 spiro atoms. The summed E-state index contributed by atoms with van der Waals surface area (Å²) in [4.78, 5) is 11.9. The predicted molar refractivity (Wildman–Crippen MR) is 83.3 cm³/mol. The van der Waals surface area contributed by atoms with Gasteiger partial charge in [-0.05, 0) is 26.2 Å². The van der Waals surface area contributed by atoms with Crippen LogP contribution in [0.25, 0.3) is 0 Å². The predicted octanol–water partition coefficient (Wildman–Crippen LogP) is -0.178. The van der Waals surface area contributed by atoms with Crippen molar-refractivity contribution in [1.29, 1.82) is 0 Å². The number of sulfonamides is 1. The molecule has 0 aliphatic carbocycles. The standard InChI is InChI=1S/C13H29N3O4S/c1-5-20-6-7-21(18,19)15-9-12(17)16-13(4,10-14)8-11(2)3/h11,15H,5-10,14H2,1-4H3,(H,16,17). The van der Waals surface area contributed by atoms with E-state index in [2.05, 4.69) is 10.0 Å². The van der Waals surface area contributed by atoms with Crippen LogP contribution in [0.1, 0.15) is 34.1 Å². The number of carbonyl (C=O) groups is 1. The molecule has 0 aliphatic heterocycles. The molecule has 0 aromatic carbocycles. The molecule has 4 N–H and O–H groups in total. The topological polar surface area (TPSA) is 111 Å². The summed E-state index contributed by atoms with van der Waals surface area (Å²) in [6, 6.07) is 0. The van der Waals surface area contributed by atoms with Crippen molar-refractivity contribution in [1.82, 2.24) is 10.0 Å². The number of nitrogens with one attached hydrogen (secondary N) is 2. The highest BCUT2D eigenvalue weighted by Gasteiger charge is 2.26. The molecule has 1 atom stereocenters. The Morgan fingerprint density at radius 3 is 2.48 bits per heavy atom. The number of carbonyl (C=O) groups excluding carboxylic acids is 1. The van der Waals surface area contributed by atoms with E-state index in [1.54, 1.807) is 6.92 Å². The van der Waals surface area contributed by atoms with Crippen LogP contribution in [-0.4, -0.2) is 51.9 Å². The zero-order valence-electron chi connectivity index (χ0n) is 13.4. The third-order valence-electron chi connectivity index (χ3n) is 2.90. The molecule has 1 unspecified atom stereocenters. The quantitative estimate of drug-likeness (QED) is 0.457. The lowest BCUT2D eigenvalue weighted by Crippen LogP contribution is -2.54. The van der Waals surface area contributed by atoms with Crippen LogP contribution in [-0.2, 0) is 19.6 Å². The van der Waals surface area contributed by atoms with Crippen LogP contribution in [0.2, 0.25) is 0 Å². The van der Waals surface area contributed by atoms with Gasteiger partial charge < -0.3 is 15.8 Å². The SMILES string of the molecule is CCOCCS(=O)(=O)NCC(=O)NC(C)(CN)CC(C)C. The normalized spacial score (nSPS) is 15.0. The second kappa shape index (κ2) is 9.34. The molecule has 7 nitrogen and oxygen atoms in total. The average molecular weight is 323 g/mol. The second-order valence-corrected chi connectivity index (χ2v) is 7.67. The van der Waals surface area contributed by atoms with Gasteiger partial charge >= 0.3 is 0 Å². The van der Waals surface area contributed by atoms with Crippen LogP contribution in [0.5, 0.6) is 0 Å². The van der Waals surface area contributed by atoms with Crippen LogP contribution in [0, 0.1) is 5.92 Å². The summed E-state index contributed by atoms with van der Waals surface area (Å²) in [7, 11) is -3.50. The van der Waals surface area contributed by atoms with Gasteiger partial charge in [0, 0.05) is 18.7 Å². The van der Waals surface area contributed by atoms with Crippen molar-refractivity contribution < 1.29 is 17.9 Å². The van der Waals surface area contributed by atoms with Gasteiger partial charge in [0.2, 0.25) is 15.9 Å². The fourth-order valence-electron chi connectivity index (χ4n) is 2.03. The van der Waals surface area contributed by atoms with Gasteiger partial charge in [0.1, 0.15) is 0 Å². The highest BCUT2D eigenvalue weighted by atomic mass is 32.2.